The predicted octanol–water partition coefficient (Wildman–Crippen LogP) is 1.97. The third-order valence-corrected chi connectivity index (χ3v) is 6.73. The van der Waals surface area contributed by atoms with Crippen LogP contribution in [0.15, 0.2) is 42.7 Å². The Hall–Kier alpha value is -2.93. The van der Waals surface area contributed by atoms with Gasteiger partial charge in [0.2, 0.25) is 11.8 Å². The van der Waals surface area contributed by atoms with Gasteiger partial charge in [-0.1, -0.05) is 30.4 Å². The Morgan fingerprint density at radius 1 is 1.37 bits per heavy atom. The van der Waals surface area contributed by atoms with Crippen LogP contribution in [0.3, 0.4) is 0 Å². The SMILES string of the molecule is Cc1ccc(CN2C[C@@]34C=C[C@@H](O3)C(C(=O)N(C)Cc3ncc[nH]3)C4C2=O)cc1C. The van der Waals surface area contributed by atoms with E-state index in [1.165, 1.54) is 11.1 Å². The van der Waals surface area contributed by atoms with Crippen LogP contribution < -0.4 is 0 Å². The Morgan fingerprint density at radius 3 is 2.93 bits per heavy atom. The summed E-state index contributed by atoms with van der Waals surface area (Å²) in [7, 11) is 1.75. The van der Waals surface area contributed by atoms with Crippen molar-refractivity contribution in [2.45, 2.75) is 38.6 Å². The summed E-state index contributed by atoms with van der Waals surface area (Å²) in [6.45, 7) is 5.55. The van der Waals surface area contributed by atoms with Gasteiger partial charge in [0, 0.05) is 26.0 Å². The molecule has 0 aliphatic carbocycles. The lowest BCUT2D eigenvalue weighted by molar-refractivity contribution is -0.143. The summed E-state index contributed by atoms with van der Waals surface area (Å²) in [5.74, 6) is -0.314. The van der Waals surface area contributed by atoms with Gasteiger partial charge in [-0.15, -0.1) is 0 Å². The summed E-state index contributed by atoms with van der Waals surface area (Å²) in [6, 6.07) is 6.28. The standard InChI is InChI=1S/C23H26N4O3/c1-14-4-5-16(10-15(14)2)11-27-13-23-7-6-17(30-23)19(20(23)22(27)29)21(28)26(3)12-18-24-8-9-25-18/h4-10,17,19-20H,11-13H2,1-3H3,(H,24,25)/t17-,19?,20?,23-/m1/s1. The van der Waals surface area contributed by atoms with Gasteiger partial charge >= 0.3 is 0 Å². The highest BCUT2D eigenvalue weighted by atomic mass is 16.5. The Labute approximate surface area is 175 Å². The first-order valence-electron chi connectivity index (χ1n) is 10.3. The second-order valence-electron chi connectivity index (χ2n) is 8.74. The van der Waals surface area contributed by atoms with Crippen LogP contribution in [0.1, 0.15) is 22.5 Å². The summed E-state index contributed by atoms with van der Waals surface area (Å²) in [5.41, 5.74) is 2.85. The zero-order chi connectivity index (χ0) is 21.0. The number of hydrogen-bond donors (Lipinski definition) is 1. The average molecular weight is 406 g/mol. The smallest absolute Gasteiger partial charge is 0.230 e. The molecule has 2 amide bonds. The Bertz CT molecular complexity index is 1030. The number of amides is 2. The fraction of sp³-hybridized carbons (Fsp3) is 0.435. The molecule has 1 N–H and O–H groups in total. The number of aryl methyl sites for hydroxylation is 2. The maximum Gasteiger partial charge on any atom is 0.230 e. The number of aromatic nitrogens is 2. The average Bonchev–Trinajstić information content (AvgIpc) is 3.47. The van der Waals surface area contributed by atoms with Crippen molar-refractivity contribution in [1.82, 2.24) is 19.8 Å². The number of hydrogen-bond acceptors (Lipinski definition) is 4. The molecule has 1 aromatic carbocycles. The number of likely N-dealkylation sites (tertiary alicyclic amines) is 1. The van der Waals surface area contributed by atoms with E-state index >= 15 is 0 Å². The van der Waals surface area contributed by atoms with Crippen LogP contribution >= 0.6 is 0 Å². The molecule has 4 heterocycles. The molecule has 7 nitrogen and oxygen atoms in total. The second kappa shape index (κ2) is 6.80. The first-order chi connectivity index (χ1) is 14.4. The molecule has 30 heavy (non-hydrogen) atoms. The van der Waals surface area contributed by atoms with Gasteiger partial charge in [0.1, 0.15) is 11.4 Å². The summed E-state index contributed by atoms with van der Waals surface area (Å²) < 4.78 is 6.24. The number of benzene rings is 1. The summed E-state index contributed by atoms with van der Waals surface area (Å²) in [4.78, 5) is 37.4. The number of nitrogens with one attached hydrogen (secondary N) is 1. The molecular formula is C23H26N4O3. The fourth-order valence-electron chi connectivity index (χ4n) is 5.06. The molecule has 1 aromatic heterocycles. The van der Waals surface area contributed by atoms with E-state index in [9.17, 15) is 9.59 Å². The molecular weight excluding hydrogens is 380 g/mol. The number of rotatable bonds is 5. The van der Waals surface area contributed by atoms with Crippen LogP contribution in [0, 0.1) is 25.7 Å². The van der Waals surface area contributed by atoms with Crippen molar-refractivity contribution >= 4 is 11.8 Å². The Kier molecular flexibility index (Phi) is 4.32. The van der Waals surface area contributed by atoms with Gasteiger partial charge in [0.25, 0.3) is 0 Å². The van der Waals surface area contributed by atoms with Crippen molar-refractivity contribution < 1.29 is 14.3 Å². The minimum atomic E-state index is -0.687. The van der Waals surface area contributed by atoms with Crippen LogP contribution in [0.4, 0.5) is 0 Å². The maximum absolute atomic E-state index is 13.4. The highest BCUT2D eigenvalue weighted by Crippen LogP contribution is 2.52. The van der Waals surface area contributed by atoms with Crippen molar-refractivity contribution in [3.63, 3.8) is 0 Å². The summed E-state index contributed by atoms with van der Waals surface area (Å²) >= 11 is 0. The van der Waals surface area contributed by atoms with Gasteiger partial charge in [-0.05, 0) is 30.5 Å². The molecule has 2 unspecified atom stereocenters. The van der Waals surface area contributed by atoms with Crippen LogP contribution in [-0.2, 0) is 27.4 Å². The maximum atomic E-state index is 13.4. The first-order valence-corrected chi connectivity index (χ1v) is 10.3. The number of carbonyl (C=O) groups excluding carboxylic acids is 2. The lowest BCUT2D eigenvalue weighted by Crippen LogP contribution is -2.44. The molecule has 2 fully saturated rings. The monoisotopic (exact) mass is 406 g/mol. The van der Waals surface area contributed by atoms with Crippen LogP contribution in [0.25, 0.3) is 0 Å². The van der Waals surface area contributed by atoms with Gasteiger partial charge in [0.15, 0.2) is 0 Å². The molecule has 3 aliphatic heterocycles. The van der Waals surface area contributed by atoms with E-state index < -0.39 is 17.4 Å². The largest absolute Gasteiger partial charge is 0.360 e. The van der Waals surface area contributed by atoms with Crippen molar-refractivity contribution in [3.8, 4) is 0 Å². The molecule has 7 heteroatoms. The lowest BCUT2D eigenvalue weighted by Gasteiger charge is -2.27. The molecule has 5 rings (SSSR count). The topological polar surface area (TPSA) is 78.5 Å². The van der Waals surface area contributed by atoms with Gasteiger partial charge in [0.05, 0.1) is 31.0 Å². The van der Waals surface area contributed by atoms with Gasteiger partial charge in [-0.2, -0.15) is 0 Å². The van der Waals surface area contributed by atoms with Crippen molar-refractivity contribution in [3.05, 3.63) is 65.3 Å². The number of nitrogens with zero attached hydrogens (tertiary/aromatic N) is 3. The van der Waals surface area contributed by atoms with E-state index in [2.05, 4.69) is 42.0 Å². The third-order valence-electron chi connectivity index (χ3n) is 6.73. The van der Waals surface area contributed by atoms with E-state index in [1.54, 1.807) is 24.3 Å². The first kappa shape index (κ1) is 19.1. The third kappa shape index (κ3) is 2.88. The van der Waals surface area contributed by atoms with Gasteiger partial charge < -0.3 is 19.5 Å². The molecule has 2 aromatic rings. The van der Waals surface area contributed by atoms with Crippen molar-refractivity contribution in [2.75, 3.05) is 13.6 Å². The number of ether oxygens (including phenoxy) is 1. The number of aromatic amines is 1. The molecule has 0 radical (unpaired) electrons. The number of carbonyl (C=O) groups is 2. The fourth-order valence-corrected chi connectivity index (χ4v) is 5.06. The normalized spacial score (nSPS) is 29.0. The molecule has 2 saturated heterocycles. The summed E-state index contributed by atoms with van der Waals surface area (Å²) in [5, 5.41) is 0. The summed E-state index contributed by atoms with van der Waals surface area (Å²) in [6.07, 6.45) is 7.01. The van der Waals surface area contributed by atoms with Crippen molar-refractivity contribution in [2.24, 2.45) is 11.8 Å². The van der Waals surface area contributed by atoms with Crippen LogP contribution in [0.5, 0.6) is 0 Å². The highest BCUT2D eigenvalue weighted by molar-refractivity contribution is 5.93. The van der Waals surface area contributed by atoms with E-state index in [-0.39, 0.29) is 17.9 Å². The lowest BCUT2D eigenvalue weighted by atomic mass is 9.76. The molecule has 1 spiro atoms. The number of fused-ring (bicyclic) bond motifs is 1. The minimum Gasteiger partial charge on any atom is -0.360 e. The van der Waals surface area contributed by atoms with Gasteiger partial charge in [-0.3, -0.25) is 9.59 Å². The second-order valence-corrected chi connectivity index (χ2v) is 8.74. The predicted molar refractivity (Wildman–Crippen MR) is 110 cm³/mol. The zero-order valence-corrected chi connectivity index (χ0v) is 17.5. The van der Waals surface area contributed by atoms with E-state index in [0.717, 1.165) is 5.56 Å². The van der Waals surface area contributed by atoms with Crippen LogP contribution in [-0.4, -0.2) is 56.9 Å². The number of imidazole rings is 1. The molecule has 3 aliphatic rings. The van der Waals surface area contributed by atoms with E-state index in [0.29, 0.717) is 25.5 Å². The zero-order valence-electron chi connectivity index (χ0n) is 17.5. The van der Waals surface area contributed by atoms with E-state index in [4.69, 9.17) is 4.74 Å². The van der Waals surface area contributed by atoms with Crippen molar-refractivity contribution in [1.29, 1.82) is 0 Å². The highest BCUT2D eigenvalue weighted by Gasteiger charge is 2.67. The Balaban J connectivity index is 1.36. The van der Waals surface area contributed by atoms with E-state index in [1.807, 2.05) is 17.1 Å². The Morgan fingerprint density at radius 2 is 2.20 bits per heavy atom. The minimum absolute atomic E-state index is 0.00447. The quantitative estimate of drug-likeness (QED) is 0.770. The molecule has 156 valence electrons. The molecule has 2 bridgehead atoms. The molecule has 4 atom stereocenters. The van der Waals surface area contributed by atoms with Gasteiger partial charge in [-0.25, -0.2) is 4.98 Å². The van der Waals surface area contributed by atoms with Crippen LogP contribution in [0.2, 0.25) is 0 Å². The number of H-pyrrole nitrogens is 1. The molecule has 0 saturated carbocycles.